The highest BCUT2D eigenvalue weighted by molar-refractivity contribution is 5.92. The molecule has 0 bridgehead atoms. The summed E-state index contributed by atoms with van der Waals surface area (Å²) in [6.45, 7) is 1.98. The summed E-state index contributed by atoms with van der Waals surface area (Å²) in [6.07, 6.45) is -8.86. The van der Waals surface area contributed by atoms with Gasteiger partial charge in [0.05, 0.1) is 51.7 Å². The van der Waals surface area contributed by atoms with Gasteiger partial charge in [-0.3, -0.25) is 15.0 Å². The highest BCUT2D eigenvalue weighted by Crippen LogP contribution is 2.31. The van der Waals surface area contributed by atoms with Gasteiger partial charge in [0.2, 0.25) is 18.1 Å². The SMILES string of the molecule is CNN(C)Cc1cc2ccccc2n1CCC(=O)NCCOCCOCCC(=O)Nc1cc(CO)ccc1OC1O[C@H](C(=O)O)[C@@H](O)[C@H](O)[C@H]1O. The maximum atomic E-state index is 12.6. The summed E-state index contributed by atoms with van der Waals surface area (Å²) < 4.78 is 23.9. The fourth-order valence-electron chi connectivity index (χ4n) is 5.40. The molecular formula is C34H47N5O12. The largest absolute Gasteiger partial charge is 0.479 e. The van der Waals surface area contributed by atoms with Crippen LogP contribution < -0.4 is 20.8 Å². The first-order chi connectivity index (χ1) is 24.5. The van der Waals surface area contributed by atoms with Crippen LogP contribution in [0.4, 0.5) is 5.69 Å². The number of aliphatic carboxylic acids is 1. The first-order valence-electron chi connectivity index (χ1n) is 16.5. The van der Waals surface area contributed by atoms with E-state index in [1.165, 1.54) is 18.2 Å². The maximum absolute atomic E-state index is 12.6. The van der Waals surface area contributed by atoms with Crippen molar-refractivity contribution in [2.24, 2.45) is 0 Å². The zero-order valence-electron chi connectivity index (χ0n) is 28.6. The van der Waals surface area contributed by atoms with Crippen molar-refractivity contribution in [2.45, 2.75) is 63.2 Å². The maximum Gasteiger partial charge on any atom is 0.335 e. The number of hydrogen-bond acceptors (Lipinski definition) is 13. The van der Waals surface area contributed by atoms with Crippen molar-refractivity contribution in [3.05, 3.63) is 59.8 Å². The van der Waals surface area contributed by atoms with E-state index in [-0.39, 0.29) is 56.8 Å². The number of para-hydroxylation sites is 1. The molecule has 0 aliphatic carbocycles. The van der Waals surface area contributed by atoms with Crippen LogP contribution in [-0.4, -0.2) is 131 Å². The number of carbonyl (C=O) groups is 3. The van der Waals surface area contributed by atoms with E-state index in [0.717, 1.165) is 16.6 Å². The molecule has 1 unspecified atom stereocenters. The summed E-state index contributed by atoms with van der Waals surface area (Å²) >= 11 is 0. The first-order valence-corrected chi connectivity index (χ1v) is 16.5. The highest BCUT2D eigenvalue weighted by Gasteiger charge is 2.48. The van der Waals surface area contributed by atoms with Gasteiger partial charge in [0.1, 0.15) is 24.1 Å². The molecule has 280 valence electrons. The number of fused-ring (bicyclic) bond motifs is 1. The van der Waals surface area contributed by atoms with E-state index in [4.69, 9.17) is 18.9 Å². The van der Waals surface area contributed by atoms with Crippen LogP contribution in [0.5, 0.6) is 5.75 Å². The second-order valence-corrected chi connectivity index (χ2v) is 11.9. The molecule has 0 radical (unpaired) electrons. The molecule has 1 aromatic heterocycles. The number of nitrogens with zero attached hydrogens (tertiary/aromatic N) is 2. The molecule has 8 N–H and O–H groups in total. The zero-order valence-corrected chi connectivity index (χ0v) is 28.6. The molecule has 1 aliphatic rings. The van der Waals surface area contributed by atoms with Crippen molar-refractivity contribution in [1.29, 1.82) is 0 Å². The number of rotatable bonds is 20. The van der Waals surface area contributed by atoms with Crippen LogP contribution in [0.1, 0.15) is 24.1 Å². The van der Waals surface area contributed by atoms with Crippen LogP contribution in [-0.2, 0) is 48.3 Å². The van der Waals surface area contributed by atoms with Crippen LogP contribution in [0.15, 0.2) is 48.5 Å². The fraction of sp³-hybridized carbons (Fsp3) is 0.500. The Bertz CT molecular complexity index is 1600. The summed E-state index contributed by atoms with van der Waals surface area (Å²) in [7, 11) is 3.81. The lowest BCUT2D eigenvalue weighted by Gasteiger charge is -2.38. The van der Waals surface area contributed by atoms with Gasteiger partial charge >= 0.3 is 5.97 Å². The van der Waals surface area contributed by atoms with Gasteiger partial charge in [0.25, 0.3) is 0 Å². The van der Waals surface area contributed by atoms with Crippen LogP contribution in [0.2, 0.25) is 0 Å². The van der Waals surface area contributed by atoms with E-state index in [9.17, 15) is 39.9 Å². The third-order valence-electron chi connectivity index (χ3n) is 8.21. The fourth-order valence-corrected chi connectivity index (χ4v) is 5.40. The Morgan fingerprint density at radius 1 is 0.922 bits per heavy atom. The number of carboxylic acids is 1. The molecule has 2 amide bonds. The number of aryl methyl sites for hydroxylation is 1. The lowest BCUT2D eigenvalue weighted by molar-refractivity contribution is -0.271. The lowest BCUT2D eigenvalue weighted by atomic mass is 9.99. The molecule has 3 aromatic rings. The van der Waals surface area contributed by atoms with Gasteiger partial charge in [-0.1, -0.05) is 24.3 Å². The lowest BCUT2D eigenvalue weighted by Crippen LogP contribution is -2.61. The molecule has 1 fully saturated rings. The number of carboxylic acid groups (broad SMARTS) is 1. The van der Waals surface area contributed by atoms with Crippen molar-refractivity contribution in [3.8, 4) is 5.75 Å². The van der Waals surface area contributed by atoms with E-state index in [1.807, 2.05) is 37.3 Å². The minimum Gasteiger partial charge on any atom is -0.479 e. The monoisotopic (exact) mass is 717 g/mol. The zero-order chi connectivity index (χ0) is 36.9. The Kier molecular flexibility index (Phi) is 15.1. The number of hydrazine groups is 1. The van der Waals surface area contributed by atoms with Gasteiger partial charge in [0.15, 0.2) is 6.10 Å². The van der Waals surface area contributed by atoms with E-state index in [2.05, 4.69) is 32.8 Å². The molecule has 17 nitrogen and oxygen atoms in total. The van der Waals surface area contributed by atoms with Crippen LogP contribution in [0.3, 0.4) is 0 Å². The third-order valence-corrected chi connectivity index (χ3v) is 8.21. The number of ether oxygens (including phenoxy) is 4. The molecule has 4 rings (SSSR count). The van der Waals surface area contributed by atoms with E-state index >= 15 is 0 Å². The summed E-state index contributed by atoms with van der Waals surface area (Å²) in [4.78, 5) is 36.6. The predicted octanol–water partition coefficient (Wildman–Crippen LogP) is -0.461. The summed E-state index contributed by atoms with van der Waals surface area (Å²) in [5, 5.41) is 57.7. The van der Waals surface area contributed by atoms with Gasteiger partial charge in [-0.25, -0.2) is 9.80 Å². The number of aliphatic hydroxyl groups is 4. The van der Waals surface area contributed by atoms with Crippen molar-refractivity contribution in [2.75, 3.05) is 52.4 Å². The van der Waals surface area contributed by atoms with Crippen LogP contribution in [0, 0.1) is 0 Å². The van der Waals surface area contributed by atoms with Gasteiger partial charge < -0.3 is 59.7 Å². The Hall–Kier alpha value is -4.17. The Morgan fingerprint density at radius 2 is 1.67 bits per heavy atom. The molecule has 51 heavy (non-hydrogen) atoms. The van der Waals surface area contributed by atoms with Crippen molar-refractivity contribution in [3.63, 3.8) is 0 Å². The average molecular weight is 718 g/mol. The minimum absolute atomic E-state index is 0.0425. The Balaban J connectivity index is 1.13. The summed E-state index contributed by atoms with van der Waals surface area (Å²) in [5.74, 6) is -2.18. The molecule has 2 aromatic carbocycles. The summed E-state index contributed by atoms with van der Waals surface area (Å²) in [6, 6.07) is 14.5. The van der Waals surface area contributed by atoms with Gasteiger partial charge in [-0.05, 0) is 42.3 Å². The van der Waals surface area contributed by atoms with Crippen molar-refractivity contribution >= 4 is 34.4 Å². The molecule has 5 atom stereocenters. The van der Waals surface area contributed by atoms with Crippen molar-refractivity contribution in [1.82, 2.24) is 20.3 Å². The molecule has 1 aliphatic heterocycles. The van der Waals surface area contributed by atoms with Gasteiger partial charge in [0, 0.05) is 37.8 Å². The average Bonchev–Trinajstić information content (AvgIpc) is 3.46. The second kappa shape index (κ2) is 19.4. The molecule has 17 heteroatoms. The minimum atomic E-state index is -1.89. The quantitative estimate of drug-likeness (QED) is 0.0546. The van der Waals surface area contributed by atoms with E-state index in [1.54, 1.807) is 0 Å². The second-order valence-electron chi connectivity index (χ2n) is 11.9. The van der Waals surface area contributed by atoms with Crippen molar-refractivity contribution < 1.29 is 58.9 Å². The normalized spacial score (nSPS) is 20.4. The number of hydrogen-bond donors (Lipinski definition) is 8. The predicted molar refractivity (Wildman–Crippen MR) is 182 cm³/mol. The number of aromatic nitrogens is 1. The molecule has 0 spiro atoms. The standard InChI is InChI=1S/C34H47N5O12/c1-35-38(2)19-23-18-22-5-3-4-6-25(22)39(23)12-9-27(41)36-11-14-49-16-15-48-13-10-28(42)37-24-17-21(20-40)7-8-26(24)50-34-31(45)29(43)30(44)32(51-34)33(46)47/h3-8,17-18,29-32,34-35,40,43-45H,9-16,19-20H2,1-2H3,(H,36,41)(H,37,42)(H,46,47)/t29-,30-,31+,32-,34?/m0/s1. The molecule has 2 heterocycles. The molecular weight excluding hydrogens is 670 g/mol. The Morgan fingerprint density at radius 3 is 2.39 bits per heavy atom. The first kappa shape index (κ1) is 39.6. The summed E-state index contributed by atoms with van der Waals surface area (Å²) in [5.41, 5.74) is 5.78. The Labute approximate surface area is 294 Å². The number of benzene rings is 2. The number of nitrogens with one attached hydrogen (secondary N) is 3. The molecule has 0 saturated carbocycles. The third kappa shape index (κ3) is 11.2. The molecule has 1 saturated heterocycles. The number of anilines is 1. The van der Waals surface area contributed by atoms with E-state index in [0.29, 0.717) is 31.6 Å². The van der Waals surface area contributed by atoms with Crippen LogP contribution in [0.25, 0.3) is 10.9 Å². The topological polar surface area (TPSA) is 234 Å². The highest BCUT2D eigenvalue weighted by atomic mass is 16.7. The number of carbonyl (C=O) groups excluding carboxylic acids is 2. The smallest absolute Gasteiger partial charge is 0.335 e. The number of amides is 2. The van der Waals surface area contributed by atoms with Gasteiger partial charge in [-0.2, -0.15) is 0 Å². The van der Waals surface area contributed by atoms with E-state index < -0.39 is 42.6 Å². The van der Waals surface area contributed by atoms with Gasteiger partial charge in [-0.15, -0.1) is 0 Å². The van der Waals surface area contributed by atoms with Crippen LogP contribution >= 0.6 is 0 Å². The number of aliphatic hydroxyl groups excluding tert-OH is 4.